The Labute approximate surface area is 151 Å². The average molecular weight is 362 g/mol. The number of benzene rings is 2. The van der Waals surface area contributed by atoms with Gasteiger partial charge in [-0.1, -0.05) is 29.3 Å². The Bertz CT molecular complexity index is 739. The van der Waals surface area contributed by atoms with E-state index in [0.29, 0.717) is 41.5 Å². The Hall–Kier alpha value is -2.22. The van der Waals surface area contributed by atoms with E-state index in [2.05, 4.69) is 16.7 Å². The summed E-state index contributed by atoms with van der Waals surface area (Å²) in [5, 5.41) is 16.0. The lowest BCUT2D eigenvalue weighted by Crippen LogP contribution is -2.27. The van der Waals surface area contributed by atoms with E-state index < -0.39 is 0 Å². The second-order valence-electron chi connectivity index (χ2n) is 5.20. The van der Waals surface area contributed by atoms with Gasteiger partial charge in [0.25, 0.3) is 0 Å². The van der Waals surface area contributed by atoms with Gasteiger partial charge in [-0.2, -0.15) is 5.26 Å². The predicted molar refractivity (Wildman–Crippen MR) is 97.4 cm³/mol. The summed E-state index contributed by atoms with van der Waals surface area (Å²) in [6.45, 7) is 1.05. The van der Waals surface area contributed by atoms with Crippen molar-refractivity contribution in [3.8, 4) is 6.07 Å². The van der Waals surface area contributed by atoms with Crippen LogP contribution in [0.25, 0.3) is 0 Å². The van der Waals surface area contributed by atoms with E-state index in [1.807, 2.05) is 18.2 Å². The lowest BCUT2D eigenvalue weighted by molar-refractivity contribution is -0.120. The van der Waals surface area contributed by atoms with Gasteiger partial charge in [0.15, 0.2) is 0 Å². The third-order valence-electron chi connectivity index (χ3n) is 3.43. The first-order valence-corrected chi connectivity index (χ1v) is 8.29. The van der Waals surface area contributed by atoms with Gasteiger partial charge in [-0.05, 0) is 48.4 Å². The highest BCUT2D eigenvalue weighted by Crippen LogP contribution is 2.21. The molecule has 2 aromatic carbocycles. The molecule has 0 bridgehead atoms. The van der Waals surface area contributed by atoms with Crippen molar-refractivity contribution < 1.29 is 4.79 Å². The van der Waals surface area contributed by atoms with Gasteiger partial charge in [0, 0.05) is 35.2 Å². The zero-order valence-corrected chi connectivity index (χ0v) is 14.5. The highest BCUT2D eigenvalue weighted by molar-refractivity contribution is 6.35. The van der Waals surface area contributed by atoms with Crippen molar-refractivity contribution >= 4 is 34.8 Å². The van der Waals surface area contributed by atoms with E-state index in [-0.39, 0.29) is 5.91 Å². The normalized spacial score (nSPS) is 10.0. The molecule has 24 heavy (non-hydrogen) atoms. The average Bonchev–Trinajstić information content (AvgIpc) is 2.57. The highest BCUT2D eigenvalue weighted by Gasteiger charge is 2.04. The van der Waals surface area contributed by atoms with E-state index in [1.165, 1.54) is 0 Å². The molecule has 0 aliphatic heterocycles. The molecule has 0 fully saturated rings. The first-order valence-electron chi connectivity index (χ1n) is 7.53. The second-order valence-corrected chi connectivity index (χ2v) is 6.05. The SMILES string of the molecule is N#Cc1ccc(NCCC(=O)NCCc2ccc(Cl)cc2Cl)cc1. The predicted octanol–water partition coefficient (Wildman–Crippen LogP) is 4.03. The molecule has 0 aromatic heterocycles. The summed E-state index contributed by atoms with van der Waals surface area (Å²) in [7, 11) is 0. The number of halogens is 2. The summed E-state index contributed by atoms with van der Waals surface area (Å²) in [5.74, 6) is -0.0266. The van der Waals surface area contributed by atoms with E-state index in [1.54, 1.807) is 24.3 Å². The van der Waals surface area contributed by atoms with Gasteiger partial charge in [0.2, 0.25) is 5.91 Å². The molecule has 0 saturated carbocycles. The molecule has 2 N–H and O–H groups in total. The van der Waals surface area contributed by atoms with Crippen molar-refractivity contribution in [2.75, 3.05) is 18.4 Å². The van der Waals surface area contributed by atoms with Crippen LogP contribution in [0.5, 0.6) is 0 Å². The lowest BCUT2D eigenvalue weighted by Gasteiger charge is -2.08. The van der Waals surface area contributed by atoms with Crippen molar-refractivity contribution in [1.82, 2.24) is 5.32 Å². The van der Waals surface area contributed by atoms with Crippen LogP contribution in [0.4, 0.5) is 5.69 Å². The molecule has 0 radical (unpaired) electrons. The molecular weight excluding hydrogens is 345 g/mol. The van der Waals surface area contributed by atoms with E-state index >= 15 is 0 Å². The van der Waals surface area contributed by atoms with Crippen LogP contribution >= 0.6 is 23.2 Å². The third kappa shape index (κ3) is 5.77. The largest absolute Gasteiger partial charge is 0.385 e. The number of nitrogens with zero attached hydrogens (tertiary/aromatic N) is 1. The number of carbonyl (C=O) groups excluding carboxylic acids is 1. The second kappa shape index (κ2) is 9.17. The molecule has 4 nitrogen and oxygen atoms in total. The molecule has 2 aromatic rings. The molecule has 0 heterocycles. The first kappa shape index (κ1) is 18.1. The smallest absolute Gasteiger partial charge is 0.221 e. The van der Waals surface area contributed by atoms with Crippen LogP contribution < -0.4 is 10.6 Å². The van der Waals surface area contributed by atoms with E-state index in [4.69, 9.17) is 28.5 Å². The van der Waals surface area contributed by atoms with Crippen LogP contribution in [0.1, 0.15) is 17.5 Å². The van der Waals surface area contributed by atoms with Crippen LogP contribution in [-0.4, -0.2) is 19.0 Å². The Balaban J connectivity index is 1.67. The Morgan fingerprint density at radius 1 is 1.08 bits per heavy atom. The van der Waals surface area contributed by atoms with Crippen LogP contribution in [0.3, 0.4) is 0 Å². The summed E-state index contributed by atoms with van der Waals surface area (Å²) in [4.78, 5) is 11.8. The monoisotopic (exact) mass is 361 g/mol. The fourth-order valence-corrected chi connectivity index (χ4v) is 2.64. The van der Waals surface area contributed by atoms with Crippen LogP contribution in [0, 0.1) is 11.3 Å². The minimum absolute atomic E-state index is 0.0266. The van der Waals surface area contributed by atoms with Gasteiger partial charge >= 0.3 is 0 Å². The van der Waals surface area contributed by atoms with Crippen molar-refractivity contribution in [2.45, 2.75) is 12.8 Å². The molecule has 1 amide bonds. The van der Waals surface area contributed by atoms with Gasteiger partial charge < -0.3 is 10.6 Å². The van der Waals surface area contributed by atoms with Crippen molar-refractivity contribution in [3.63, 3.8) is 0 Å². The number of hydrogen-bond donors (Lipinski definition) is 2. The number of rotatable bonds is 7. The van der Waals surface area contributed by atoms with E-state index in [0.717, 1.165) is 11.3 Å². The molecule has 124 valence electrons. The molecular formula is C18H17Cl2N3O. The molecule has 2 rings (SSSR count). The topological polar surface area (TPSA) is 64.9 Å². The minimum atomic E-state index is -0.0266. The third-order valence-corrected chi connectivity index (χ3v) is 4.01. The standard InChI is InChI=1S/C18H17Cl2N3O/c19-15-4-3-14(17(20)11-15)7-9-23-18(24)8-10-22-16-5-1-13(12-21)2-6-16/h1-6,11,22H,7-10H2,(H,23,24). The summed E-state index contributed by atoms with van der Waals surface area (Å²) >= 11 is 11.9. The molecule has 0 spiro atoms. The van der Waals surface area contributed by atoms with Gasteiger partial charge in [0.1, 0.15) is 0 Å². The van der Waals surface area contributed by atoms with Crippen molar-refractivity contribution in [2.24, 2.45) is 0 Å². The van der Waals surface area contributed by atoms with Crippen LogP contribution in [0.15, 0.2) is 42.5 Å². The van der Waals surface area contributed by atoms with Gasteiger partial charge in [-0.3, -0.25) is 4.79 Å². The number of nitrogens with one attached hydrogen (secondary N) is 2. The highest BCUT2D eigenvalue weighted by atomic mass is 35.5. The summed E-state index contributed by atoms with van der Waals surface area (Å²) in [5.41, 5.74) is 2.45. The zero-order valence-electron chi connectivity index (χ0n) is 13.0. The van der Waals surface area contributed by atoms with Crippen molar-refractivity contribution in [1.29, 1.82) is 5.26 Å². The van der Waals surface area contributed by atoms with Crippen LogP contribution in [0.2, 0.25) is 10.0 Å². The molecule has 0 aliphatic carbocycles. The van der Waals surface area contributed by atoms with Gasteiger partial charge in [-0.15, -0.1) is 0 Å². The van der Waals surface area contributed by atoms with E-state index in [9.17, 15) is 4.79 Å². The first-order chi connectivity index (χ1) is 11.6. The quantitative estimate of drug-likeness (QED) is 0.782. The molecule has 0 unspecified atom stereocenters. The van der Waals surface area contributed by atoms with Crippen LogP contribution in [-0.2, 0) is 11.2 Å². The molecule has 0 saturated heterocycles. The Morgan fingerprint density at radius 2 is 1.83 bits per heavy atom. The molecule has 0 aliphatic rings. The zero-order chi connectivity index (χ0) is 17.4. The minimum Gasteiger partial charge on any atom is -0.385 e. The van der Waals surface area contributed by atoms with Gasteiger partial charge in [0.05, 0.1) is 11.6 Å². The van der Waals surface area contributed by atoms with Crippen molar-refractivity contribution in [3.05, 3.63) is 63.6 Å². The Kier molecular flexibility index (Phi) is 6.92. The van der Waals surface area contributed by atoms with Gasteiger partial charge in [-0.25, -0.2) is 0 Å². The summed E-state index contributed by atoms with van der Waals surface area (Å²) in [6.07, 6.45) is 1.03. The molecule has 0 atom stereocenters. The maximum Gasteiger partial charge on any atom is 0.221 e. The number of anilines is 1. The number of nitriles is 1. The molecule has 6 heteroatoms. The number of amides is 1. The maximum absolute atomic E-state index is 11.8. The number of carbonyl (C=O) groups is 1. The Morgan fingerprint density at radius 3 is 2.50 bits per heavy atom. The lowest BCUT2D eigenvalue weighted by atomic mass is 10.1. The maximum atomic E-state index is 11.8. The number of hydrogen-bond acceptors (Lipinski definition) is 3. The fraction of sp³-hybridized carbons (Fsp3) is 0.222. The fourth-order valence-electron chi connectivity index (χ4n) is 2.13. The summed E-state index contributed by atoms with van der Waals surface area (Å²) in [6, 6.07) is 14.5. The summed E-state index contributed by atoms with van der Waals surface area (Å²) < 4.78 is 0.